The molecule has 4 heteroatoms. The minimum absolute atomic E-state index is 0.0561. The number of hydrogen-bond acceptors (Lipinski definition) is 3. The standard InChI is InChI=1S/C17H25NO3/c1-4-8-17(20)11-18(12-17)16(19)7-9-21-15-6-5-13(2)10-14(15)3/h5-6,10,20H,4,7-9,11-12H2,1-3H3. The third-order valence-corrected chi connectivity index (χ3v) is 3.94. The molecular formula is C17H25NO3. The molecule has 1 saturated heterocycles. The Hall–Kier alpha value is -1.55. The number of hydrogen-bond donors (Lipinski definition) is 1. The lowest BCUT2D eigenvalue weighted by Gasteiger charge is -2.46. The van der Waals surface area contributed by atoms with Crippen molar-refractivity contribution in [2.45, 2.75) is 45.6 Å². The van der Waals surface area contributed by atoms with Crippen molar-refractivity contribution >= 4 is 5.91 Å². The van der Waals surface area contributed by atoms with E-state index in [0.29, 0.717) is 26.1 Å². The molecule has 0 aliphatic carbocycles. The van der Waals surface area contributed by atoms with Crippen molar-refractivity contribution in [2.75, 3.05) is 19.7 Å². The second-order valence-corrected chi connectivity index (χ2v) is 6.09. The van der Waals surface area contributed by atoms with Gasteiger partial charge in [-0.05, 0) is 31.9 Å². The summed E-state index contributed by atoms with van der Waals surface area (Å²) in [7, 11) is 0. The van der Waals surface area contributed by atoms with Gasteiger partial charge in [0, 0.05) is 0 Å². The van der Waals surface area contributed by atoms with E-state index in [4.69, 9.17) is 4.74 Å². The highest BCUT2D eigenvalue weighted by atomic mass is 16.5. The molecule has 0 bridgehead atoms. The summed E-state index contributed by atoms with van der Waals surface area (Å²) in [5.74, 6) is 0.889. The number of nitrogens with zero attached hydrogens (tertiary/aromatic N) is 1. The Bertz CT molecular complexity index is 507. The number of amides is 1. The van der Waals surface area contributed by atoms with Crippen LogP contribution in [0.1, 0.15) is 37.3 Å². The van der Waals surface area contributed by atoms with E-state index in [0.717, 1.165) is 24.2 Å². The molecule has 1 aliphatic rings. The quantitative estimate of drug-likeness (QED) is 0.876. The summed E-state index contributed by atoms with van der Waals surface area (Å²) < 4.78 is 5.67. The number of benzene rings is 1. The van der Waals surface area contributed by atoms with Gasteiger partial charge in [0.25, 0.3) is 0 Å². The molecule has 0 unspecified atom stereocenters. The minimum Gasteiger partial charge on any atom is -0.493 e. The van der Waals surface area contributed by atoms with E-state index in [1.807, 2.05) is 32.9 Å². The van der Waals surface area contributed by atoms with Crippen molar-refractivity contribution in [2.24, 2.45) is 0 Å². The van der Waals surface area contributed by atoms with Crippen molar-refractivity contribution in [1.82, 2.24) is 4.90 Å². The van der Waals surface area contributed by atoms with Crippen LogP contribution in [0.3, 0.4) is 0 Å². The first kappa shape index (κ1) is 15.8. The van der Waals surface area contributed by atoms with Gasteiger partial charge in [0.05, 0.1) is 31.7 Å². The Labute approximate surface area is 126 Å². The van der Waals surface area contributed by atoms with Gasteiger partial charge >= 0.3 is 0 Å². The molecule has 1 heterocycles. The Kier molecular flexibility index (Phi) is 4.88. The zero-order valence-corrected chi connectivity index (χ0v) is 13.2. The Morgan fingerprint density at radius 1 is 1.38 bits per heavy atom. The van der Waals surface area contributed by atoms with Gasteiger partial charge in [0.1, 0.15) is 5.75 Å². The summed E-state index contributed by atoms with van der Waals surface area (Å²) in [6.45, 7) is 7.39. The SMILES string of the molecule is CCCC1(O)CN(C(=O)CCOc2ccc(C)cc2C)C1. The van der Waals surface area contributed by atoms with E-state index in [1.165, 1.54) is 5.56 Å². The summed E-state index contributed by atoms with van der Waals surface area (Å²) >= 11 is 0. The number of carbonyl (C=O) groups is 1. The largest absolute Gasteiger partial charge is 0.493 e. The molecule has 0 spiro atoms. The molecule has 0 aromatic heterocycles. The third-order valence-electron chi connectivity index (χ3n) is 3.94. The fourth-order valence-electron chi connectivity index (χ4n) is 2.83. The molecule has 1 aromatic carbocycles. The van der Waals surface area contributed by atoms with E-state index < -0.39 is 5.60 Å². The zero-order valence-electron chi connectivity index (χ0n) is 13.2. The summed E-state index contributed by atoms with van der Waals surface area (Å²) in [6, 6.07) is 6.01. The van der Waals surface area contributed by atoms with Gasteiger partial charge in [-0.15, -0.1) is 0 Å². The number of likely N-dealkylation sites (tertiary alicyclic amines) is 1. The van der Waals surface area contributed by atoms with E-state index >= 15 is 0 Å². The number of aliphatic hydroxyl groups is 1. The molecule has 1 N–H and O–H groups in total. The van der Waals surface area contributed by atoms with Gasteiger partial charge in [0.15, 0.2) is 0 Å². The summed E-state index contributed by atoms with van der Waals surface area (Å²) in [4.78, 5) is 13.7. The normalized spacial score (nSPS) is 16.5. The van der Waals surface area contributed by atoms with Crippen LogP contribution in [-0.4, -0.2) is 41.2 Å². The van der Waals surface area contributed by atoms with Crippen LogP contribution in [0.5, 0.6) is 5.75 Å². The van der Waals surface area contributed by atoms with Gasteiger partial charge in [0.2, 0.25) is 5.91 Å². The third kappa shape index (κ3) is 3.97. The predicted molar refractivity (Wildman–Crippen MR) is 82.5 cm³/mol. The number of carbonyl (C=O) groups excluding carboxylic acids is 1. The van der Waals surface area contributed by atoms with Crippen LogP contribution in [0.2, 0.25) is 0 Å². The van der Waals surface area contributed by atoms with Crippen LogP contribution in [0.4, 0.5) is 0 Å². The first-order valence-electron chi connectivity index (χ1n) is 7.64. The van der Waals surface area contributed by atoms with E-state index in [-0.39, 0.29) is 5.91 Å². The maximum absolute atomic E-state index is 12.0. The molecule has 4 nitrogen and oxygen atoms in total. The second-order valence-electron chi connectivity index (χ2n) is 6.09. The summed E-state index contributed by atoms with van der Waals surface area (Å²) in [5, 5.41) is 10.1. The van der Waals surface area contributed by atoms with Crippen LogP contribution in [0, 0.1) is 13.8 Å². The minimum atomic E-state index is -0.654. The molecule has 1 aliphatic heterocycles. The van der Waals surface area contributed by atoms with Gasteiger partial charge in [-0.25, -0.2) is 0 Å². The lowest BCUT2D eigenvalue weighted by molar-refractivity contribution is -0.157. The second kappa shape index (κ2) is 6.48. The zero-order chi connectivity index (χ0) is 15.5. The summed E-state index contributed by atoms with van der Waals surface area (Å²) in [5.41, 5.74) is 1.63. The van der Waals surface area contributed by atoms with Gasteiger partial charge in [-0.1, -0.05) is 31.0 Å². The molecule has 21 heavy (non-hydrogen) atoms. The first-order chi connectivity index (χ1) is 9.93. The molecule has 0 radical (unpaired) electrons. The van der Waals surface area contributed by atoms with Gasteiger partial charge in [-0.2, -0.15) is 0 Å². The van der Waals surface area contributed by atoms with Crippen LogP contribution < -0.4 is 4.74 Å². The molecule has 0 saturated carbocycles. The fourth-order valence-corrected chi connectivity index (χ4v) is 2.83. The van der Waals surface area contributed by atoms with Crippen molar-refractivity contribution in [3.8, 4) is 5.75 Å². The van der Waals surface area contributed by atoms with Crippen LogP contribution in [-0.2, 0) is 4.79 Å². The maximum atomic E-state index is 12.0. The van der Waals surface area contributed by atoms with Crippen molar-refractivity contribution in [1.29, 1.82) is 0 Å². The highest BCUT2D eigenvalue weighted by Gasteiger charge is 2.42. The first-order valence-corrected chi connectivity index (χ1v) is 7.64. The Morgan fingerprint density at radius 2 is 2.10 bits per heavy atom. The molecule has 0 atom stereocenters. The number of β-amino-alcohol motifs (C(OH)–C–C–N with tert-alkyl or cyclic N) is 1. The smallest absolute Gasteiger partial charge is 0.226 e. The van der Waals surface area contributed by atoms with Crippen molar-refractivity contribution < 1.29 is 14.6 Å². The average molecular weight is 291 g/mol. The van der Waals surface area contributed by atoms with Gasteiger partial charge < -0.3 is 14.7 Å². The Morgan fingerprint density at radius 3 is 2.71 bits per heavy atom. The van der Waals surface area contributed by atoms with Crippen LogP contribution in [0.15, 0.2) is 18.2 Å². The number of ether oxygens (including phenoxy) is 1. The topological polar surface area (TPSA) is 49.8 Å². The number of rotatable bonds is 6. The molecule has 1 amide bonds. The molecule has 1 fully saturated rings. The maximum Gasteiger partial charge on any atom is 0.226 e. The average Bonchev–Trinajstić information content (AvgIpc) is 2.38. The van der Waals surface area contributed by atoms with Crippen LogP contribution >= 0.6 is 0 Å². The van der Waals surface area contributed by atoms with Crippen molar-refractivity contribution in [3.63, 3.8) is 0 Å². The lowest BCUT2D eigenvalue weighted by atomic mass is 9.89. The molecular weight excluding hydrogens is 266 g/mol. The lowest BCUT2D eigenvalue weighted by Crippen LogP contribution is -2.63. The predicted octanol–water partition coefficient (Wildman–Crippen LogP) is 2.45. The summed E-state index contributed by atoms with van der Waals surface area (Å²) in [6.07, 6.45) is 2.06. The van der Waals surface area contributed by atoms with E-state index in [1.54, 1.807) is 4.90 Å². The number of aryl methyl sites for hydroxylation is 2. The van der Waals surface area contributed by atoms with Gasteiger partial charge in [-0.3, -0.25) is 4.79 Å². The molecule has 1 aromatic rings. The monoisotopic (exact) mass is 291 g/mol. The van der Waals surface area contributed by atoms with E-state index in [2.05, 4.69) is 6.07 Å². The molecule has 2 rings (SSSR count). The highest BCUT2D eigenvalue weighted by Crippen LogP contribution is 2.26. The Balaban J connectivity index is 1.73. The highest BCUT2D eigenvalue weighted by molar-refractivity contribution is 5.77. The van der Waals surface area contributed by atoms with E-state index in [9.17, 15) is 9.90 Å². The van der Waals surface area contributed by atoms with Crippen molar-refractivity contribution in [3.05, 3.63) is 29.3 Å². The van der Waals surface area contributed by atoms with Crippen LogP contribution in [0.25, 0.3) is 0 Å². The molecule has 116 valence electrons. The fraction of sp³-hybridized carbons (Fsp3) is 0.588.